The van der Waals surface area contributed by atoms with Crippen molar-refractivity contribution in [3.63, 3.8) is 0 Å². The van der Waals surface area contributed by atoms with Gasteiger partial charge in [-0.1, -0.05) is 84.9 Å². The predicted octanol–water partition coefficient (Wildman–Crippen LogP) is 6.69. The van der Waals surface area contributed by atoms with Crippen molar-refractivity contribution in [2.75, 3.05) is 5.32 Å². The summed E-state index contributed by atoms with van der Waals surface area (Å²) in [6, 6.07) is 29.6. The Balaban J connectivity index is 1.50. The first-order valence-electron chi connectivity index (χ1n) is 8.94. The van der Waals surface area contributed by atoms with Crippen molar-refractivity contribution >= 4 is 11.3 Å². The van der Waals surface area contributed by atoms with Crippen LogP contribution in [0.25, 0.3) is 16.7 Å². The van der Waals surface area contributed by atoms with Gasteiger partial charge in [0.05, 0.1) is 0 Å². The van der Waals surface area contributed by atoms with Crippen molar-refractivity contribution in [1.82, 2.24) is 0 Å². The van der Waals surface area contributed by atoms with Crippen LogP contribution in [0.1, 0.15) is 12.0 Å². The van der Waals surface area contributed by atoms with E-state index in [4.69, 9.17) is 0 Å². The van der Waals surface area contributed by atoms with E-state index in [2.05, 4.69) is 108 Å². The Morgan fingerprint density at radius 3 is 1.88 bits per heavy atom. The fourth-order valence-corrected chi connectivity index (χ4v) is 3.12. The maximum absolute atomic E-state index is 3.50. The van der Waals surface area contributed by atoms with Crippen molar-refractivity contribution in [3.05, 3.63) is 120 Å². The van der Waals surface area contributed by atoms with Gasteiger partial charge in [0, 0.05) is 11.4 Å². The largest absolute Gasteiger partial charge is 0.356 e. The molecule has 0 bridgehead atoms. The summed E-state index contributed by atoms with van der Waals surface area (Å²) < 4.78 is 0. The maximum Gasteiger partial charge on any atom is 0.0384 e. The molecule has 0 aromatic heterocycles. The Bertz CT molecular complexity index is 946. The average molecular weight is 335 g/mol. The number of hydrogen-bond donors (Lipinski definition) is 1. The molecule has 0 unspecified atom stereocenters. The molecule has 0 heterocycles. The summed E-state index contributed by atoms with van der Waals surface area (Å²) in [6.45, 7) is 0. The Morgan fingerprint density at radius 1 is 0.577 bits per heavy atom. The van der Waals surface area contributed by atoms with Crippen LogP contribution in [-0.2, 0) is 0 Å². The minimum atomic E-state index is 0.943. The molecular weight excluding hydrogens is 314 g/mol. The molecule has 3 aromatic rings. The number of nitrogens with one attached hydrogen (secondary N) is 1. The fourth-order valence-electron chi connectivity index (χ4n) is 3.12. The highest BCUT2D eigenvalue weighted by Crippen LogP contribution is 2.24. The van der Waals surface area contributed by atoms with Crippen LogP contribution in [0, 0.1) is 0 Å². The van der Waals surface area contributed by atoms with Crippen LogP contribution in [0.2, 0.25) is 0 Å². The fraction of sp³-hybridized carbons (Fsp3) is 0.0400. The van der Waals surface area contributed by atoms with Crippen LogP contribution < -0.4 is 5.32 Å². The summed E-state index contributed by atoms with van der Waals surface area (Å²) in [6.07, 6.45) is 9.66. The Kier molecular flexibility index (Phi) is 4.79. The molecule has 0 atom stereocenters. The van der Waals surface area contributed by atoms with E-state index in [1.807, 2.05) is 6.07 Å². The van der Waals surface area contributed by atoms with Gasteiger partial charge in [0.15, 0.2) is 0 Å². The van der Waals surface area contributed by atoms with Crippen LogP contribution in [0.5, 0.6) is 0 Å². The van der Waals surface area contributed by atoms with Gasteiger partial charge < -0.3 is 5.32 Å². The highest BCUT2D eigenvalue weighted by atomic mass is 14.9. The number of allylic oxidation sites excluding steroid dienone is 5. The number of hydrogen-bond acceptors (Lipinski definition) is 1. The quantitative estimate of drug-likeness (QED) is 0.560. The SMILES string of the molecule is C1=CC(Nc2ccc(-c3ccccc3)cc2)=CC=C(c2ccccc2)C1. The van der Waals surface area contributed by atoms with E-state index in [0.29, 0.717) is 0 Å². The summed E-state index contributed by atoms with van der Waals surface area (Å²) in [7, 11) is 0. The van der Waals surface area contributed by atoms with Gasteiger partial charge in [0.1, 0.15) is 0 Å². The van der Waals surface area contributed by atoms with Crippen molar-refractivity contribution in [3.8, 4) is 11.1 Å². The van der Waals surface area contributed by atoms with Gasteiger partial charge in [-0.15, -0.1) is 0 Å². The van der Waals surface area contributed by atoms with Gasteiger partial charge in [-0.2, -0.15) is 0 Å². The smallest absolute Gasteiger partial charge is 0.0384 e. The zero-order chi connectivity index (χ0) is 17.6. The van der Waals surface area contributed by atoms with Gasteiger partial charge in [0.25, 0.3) is 0 Å². The van der Waals surface area contributed by atoms with E-state index in [1.165, 1.54) is 22.3 Å². The summed E-state index contributed by atoms with van der Waals surface area (Å²) in [5.74, 6) is 0. The van der Waals surface area contributed by atoms with E-state index in [9.17, 15) is 0 Å². The number of benzene rings is 3. The first-order chi connectivity index (χ1) is 12.9. The Hall–Kier alpha value is -3.32. The molecule has 1 aliphatic rings. The second-order valence-electron chi connectivity index (χ2n) is 6.35. The molecule has 0 amide bonds. The van der Waals surface area contributed by atoms with Crippen LogP contribution >= 0.6 is 0 Å². The third-order valence-electron chi connectivity index (χ3n) is 4.52. The molecular formula is C25H21N. The highest BCUT2D eigenvalue weighted by molar-refractivity contribution is 5.71. The summed E-state index contributed by atoms with van der Waals surface area (Å²) in [5.41, 5.74) is 7.27. The zero-order valence-corrected chi connectivity index (χ0v) is 14.6. The lowest BCUT2D eigenvalue weighted by molar-refractivity contribution is 1.39. The number of anilines is 1. The molecule has 4 rings (SSSR count). The number of rotatable bonds is 4. The monoisotopic (exact) mass is 335 g/mol. The van der Waals surface area contributed by atoms with E-state index in [1.54, 1.807) is 0 Å². The van der Waals surface area contributed by atoms with E-state index >= 15 is 0 Å². The highest BCUT2D eigenvalue weighted by Gasteiger charge is 2.03. The van der Waals surface area contributed by atoms with Gasteiger partial charge >= 0.3 is 0 Å². The molecule has 0 saturated heterocycles. The summed E-state index contributed by atoms with van der Waals surface area (Å²) in [5, 5.41) is 3.50. The molecule has 1 N–H and O–H groups in total. The lowest BCUT2D eigenvalue weighted by Crippen LogP contribution is -1.95. The predicted molar refractivity (Wildman–Crippen MR) is 112 cm³/mol. The third-order valence-corrected chi connectivity index (χ3v) is 4.52. The summed E-state index contributed by atoms with van der Waals surface area (Å²) >= 11 is 0. The second kappa shape index (κ2) is 7.71. The van der Waals surface area contributed by atoms with E-state index in [-0.39, 0.29) is 0 Å². The minimum Gasteiger partial charge on any atom is -0.356 e. The lowest BCUT2D eigenvalue weighted by Gasteiger charge is -2.08. The normalized spacial score (nSPS) is 13.5. The van der Waals surface area contributed by atoms with Crippen molar-refractivity contribution < 1.29 is 0 Å². The molecule has 26 heavy (non-hydrogen) atoms. The zero-order valence-electron chi connectivity index (χ0n) is 14.6. The molecule has 3 aromatic carbocycles. The Labute approximate surface area is 155 Å². The van der Waals surface area contributed by atoms with Gasteiger partial charge in [-0.25, -0.2) is 0 Å². The maximum atomic E-state index is 3.50. The standard InChI is InChI=1S/C25H21N/c1-3-8-20(9-4-1)22-12-7-13-24(17-14-22)26-25-18-15-23(16-19-25)21-10-5-2-6-11-21/h1-11,13-19,26H,12H2. The molecule has 126 valence electrons. The van der Waals surface area contributed by atoms with Crippen LogP contribution in [-0.4, -0.2) is 0 Å². The molecule has 0 radical (unpaired) electrons. The molecule has 1 aliphatic carbocycles. The molecule has 0 saturated carbocycles. The average Bonchev–Trinajstić information content (AvgIpc) is 2.96. The topological polar surface area (TPSA) is 12.0 Å². The van der Waals surface area contributed by atoms with Crippen molar-refractivity contribution in [2.45, 2.75) is 6.42 Å². The third kappa shape index (κ3) is 3.84. The first-order valence-corrected chi connectivity index (χ1v) is 8.94. The molecule has 0 spiro atoms. The van der Waals surface area contributed by atoms with Gasteiger partial charge in [-0.3, -0.25) is 0 Å². The van der Waals surface area contributed by atoms with E-state index < -0.39 is 0 Å². The minimum absolute atomic E-state index is 0.943. The molecule has 1 nitrogen and oxygen atoms in total. The lowest BCUT2D eigenvalue weighted by atomic mass is 10.0. The van der Waals surface area contributed by atoms with Crippen molar-refractivity contribution in [1.29, 1.82) is 0 Å². The molecule has 1 heteroatoms. The van der Waals surface area contributed by atoms with Crippen LogP contribution in [0.3, 0.4) is 0 Å². The van der Waals surface area contributed by atoms with Gasteiger partial charge in [0.2, 0.25) is 0 Å². The van der Waals surface area contributed by atoms with Crippen molar-refractivity contribution in [2.24, 2.45) is 0 Å². The van der Waals surface area contributed by atoms with Gasteiger partial charge in [-0.05, 0) is 53.0 Å². The molecule has 0 fully saturated rings. The second-order valence-corrected chi connectivity index (χ2v) is 6.35. The van der Waals surface area contributed by atoms with E-state index in [0.717, 1.165) is 17.8 Å². The summed E-state index contributed by atoms with van der Waals surface area (Å²) in [4.78, 5) is 0. The Morgan fingerprint density at radius 2 is 1.19 bits per heavy atom. The molecule has 0 aliphatic heterocycles. The van der Waals surface area contributed by atoms with Crippen LogP contribution in [0.4, 0.5) is 5.69 Å². The first kappa shape index (κ1) is 16.2. The van der Waals surface area contributed by atoms with Crippen LogP contribution in [0.15, 0.2) is 115 Å².